The molecule has 1 aromatic heterocycles. The maximum atomic E-state index is 12.9. The Kier molecular flexibility index (Phi) is 5.67. The van der Waals surface area contributed by atoms with Gasteiger partial charge in [-0.15, -0.1) is 0 Å². The van der Waals surface area contributed by atoms with Crippen molar-refractivity contribution in [3.05, 3.63) is 47.7 Å². The van der Waals surface area contributed by atoms with Crippen LogP contribution in [0.5, 0.6) is 0 Å². The zero-order chi connectivity index (χ0) is 21.3. The lowest BCUT2D eigenvalue weighted by atomic mass is 9.87. The van der Waals surface area contributed by atoms with E-state index >= 15 is 0 Å². The highest BCUT2D eigenvalue weighted by atomic mass is 16.2. The van der Waals surface area contributed by atoms with Crippen LogP contribution >= 0.6 is 0 Å². The van der Waals surface area contributed by atoms with E-state index in [0.717, 1.165) is 37.8 Å². The number of benzene rings is 1. The van der Waals surface area contributed by atoms with Crippen LogP contribution < -0.4 is 5.32 Å². The van der Waals surface area contributed by atoms with Crippen LogP contribution in [0.15, 0.2) is 36.5 Å². The zero-order valence-electron chi connectivity index (χ0n) is 18.2. The van der Waals surface area contributed by atoms with E-state index in [-0.39, 0.29) is 29.1 Å². The molecule has 0 radical (unpaired) electrons. The van der Waals surface area contributed by atoms with Crippen LogP contribution in [0.3, 0.4) is 0 Å². The smallest absolute Gasteiger partial charge is 0.230 e. The van der Waals surface area contributed by atoms with Crippen LogP contribution in [-0.4, -0.2) is 39.6 Å². The number of amides is 2. The predicted octanol–water partition coefficient (Wildman–Crippen LogP) is 3.82. The third-order valence-electron chi connectivity index (χ3n) is 6.15. The molecule has 2 fully saturated rings. The van der Waals surface area contributed by atoms with Gasteiger partial charge >= 0.3 is 0 Å². The molecule has 1 saturated carbocycles. The highest BCUT2D eigenvalue weighted by Gasteiger charge is 2.36. The van der Waals surface area contributed by atoms with Crippen molar-refractivity contribution in [1.82, 2.24) is 14.7 Å². The summed E-state index contributed by atoms with van der Waals surface area (Å²) in [4.78, 5) is 27.1. The van der Waals surface area contributed by atoms with Crippen molar-refractivity contribution in [3.63, 3.8) is 0 Å². The van der Waals surface area contributed by atoms with Gasteiger partial charge in [-0.25, -0.2) is 4.68 Å². The number of carbonyl (C=O) groups is 2. The third-order valence-corrected chi connectivity index (χ3v) is 6.15. The van der Waals surface area contributed by atoms with E-state index in [2.05, 4.69) is 55.5 Å². The lowest BCUT2D eigenvalue weighted by Crippen LogP contribution is -2.44. The second kappa shape index (κ2) is 8.25. The van der Waals surface area contributed by atoms with E-state index in [1.165, 1.54) is 5.56 Å². The van der Waals surface area contributed by atoms with Gasteiger partial charge < -0.3 is 10.2 Å². The Balaban J connectivity index is 1.38. The molecular weight excluding hydrogens is 376 g/mol. The van der Waals surface area contributed by atoms with Gasteiger partial charge in [0.25, 0.3) is 0 Å². The summed E-state index contributed by atoms with van der Waals surface area (Å²) in [6.45, 7) is 8.52. The molecule has 1 aliphatic heterocycles. The molecule has 4 rings (SSSR count). The molecule has 160 valence electrons. The quantitative estimate of drug-likeness (QED) is 0.818. The van der Waals surface area contributed by atoms with Crippen LogP contribution in [0.25, 0.3) is 0 Å². The summed E-state index contributed by atoms with van der Waals surface area (Å²) in [5.74, 6) is 0.962. The molecule has 2 heterocycles. The van der Waals surface area contributed by atoms with Crippen LogP contribution in [0.2, 0.25) is 0 Å². The molecule has 1 N–H and O–H groups in total. The maximum Gasteiger partial charge on any atom is 0.230 e. The zero-order valence-corrected chi connectivity index (χ0v) is 18.2. The molecule has 2 aromatic rings. The Labute approximate surface area is 178 Å². The van der Waals surface area contributed by atoms with Gasteiger partial charge in [0.05, 0.1) is 18.7 Å². The van der Waals surface area contributed by atoms with E-state index < -0.39 is 0 Å². The number of aromatic nitrogens is 2. The molecule has 1 aromatic carbocycles. The maximum absolute atomic E-state index is 12.9. The van der Waals surface area contributed by atoms with Gasteiger partial charge in [-0.3, -0.25) is 9.59 Å². The average Bonchev–Trinajstić information content (AvgIpc) is 3.49. The van der Waals surface area contributed by atoms with Gasteiger partial charge in [0, 0.05) is 25.1 Å². The fourth-order valence-corrected chi connectivity index (χ4v) is 4.06. The second-order valence-corrected chi connectivity index (χ2v) is 9.71. The molecule has 1 atom stereocenters. The van der Waals surface area contributed by atoms with Crippen LogP contribution in [-0.2, 0) is 21.5 Å². The third kappa shape index (κ3) is 4.74. The summed E-state index contributed by atoms with van der Waals surface area (Å²) in [5, 5.41) is 7.44. The van der Waals surface area contributed by atoms with E-state index in [9.17, 15) is 9.59 Å². The number of piperidine rings is 1. The first-order chi connectivity index (χ1) is 14.3. The first-order valence-electron chi connectivity index (χ1n) is 11.0. The molecule has 6 heteroatoms. The molecule has 0 bridgehead atoms. The van der Waals surface area contributed by atoms with E-state index in [1.54, 1.807) is 6.20 Å². The van der Waals surface area contributed by atoms with Gasteiger partial charge in [-0.2, -0.15) is 5.10 Å². The molecule has 1 saturated heterocycles. The molecule has 2 aliphatic rings. The average molecular weight is 409 g/mol. The first kappa shape index (κ1) is 20.6. The molecule has 0 spiro atoms. The van der Waals surface area contributed by atoms with Gasteiger partial charge in [0.2, 0.25) is 11.8 Å². The normalized spacial score (nSPS) is 19.6. The summed E-state index contributed by atoms with van der Waals surface area (Å²) in [6.07, 6.45) is 5.42. The number of carbonyl (C=O) groups excluding carboxylic acids is 2. The Morgan fingerprint density at radius 3 is 2.47 bits per heavy atom. The Morgan fingerprint density at radius 1 is 1.07 bits per heavy atom. The number of nitrogens with one attached hydrogen (secondary N) is 1. The monoisotopic (exact) mass is 408 g/mol. The number of hydrogen-bond acceptors (Lipinski definition) is 3. The van der Waals surface area contributed by atoms with Gasteiger partial charge in [-0.05, 0) is 42.2 Å². The Morgan fingerprint density at radius 2 is 1.80 bits per heavy atom. The van der Waals surface area contributed by atoms with Crippen LogP contribution in [0, 0.1) is 11.8 Å². The first-order valence-corrected chi connectivity index (χ1v) is 11.0. The van der Waals surface area contributed by atoms with Crippen LogP contribution in [0.4, 0.5) is 5.82 Å². The van der Waals surface area contributed by atoms with Crippen molar-refractivity contribution < 1.29 is 9.59 Å². The summed E-state index contributed by atoms with van der Waals surface area (Å²) in [6, 6.07) is 10.4. The lowest BCUT2D eigenvalue weighted by Gasteiger charge is -2.32. The minimum Gasteiger partial charge on any atom is -0.342 e. The Hall–Kier alpha value is -2.63. The summed E-state index contributed by atoms with van der Waals surface area (Å²) >= 11 is 0. The fraction of sp³-hybridized carbons (Fsp3) is 0.542. The van der Waals surface area contributed by atoms with Crippen molar-refractivity contribution >= 4 is 17.6 Å². The predicted molar refractivity (Wildman–Crippen MR) is 117 cm³/mol. The molecule has 1 aliphatic carbocycles. The second-order valence-electron chi connectivity index (χ2n) is 9.71. The van der Waals surface area contributed by atoms with Gasteiger partial charge in [0.15, 0.2) is 0 Å². The van der Waals surface area contributed by atoms with E-state index in [0.29, 0.717) is 18.9 Å². The van der Waals surface area contributed by atoms with Gasteiger partial charge in [-0.1, -0.05) is 45.0 Å². The molecule has 2 amide bonds. The lowest BCUT2D eigenvalue weighted by molar-refractivity contribution is -0.135. The molecule has 30 heavy (non-hydrogen) atoms. The summed E-state index contributed by atoms with van der Waals surface area (Å²) in [5.41, 5.74) is 2.56. The van der Waals surface area contributed by atoms with Crippen molar-refractivity contribution in [2.24, 2.45) is 11.8 Å². The highest BCUT2D eigenvalue weighted by Crippen LogP contribution is 2.32. The van der Waals surface area contributed by atoms with Crippen molar-refractivity contribution in [1.29, 1.82) is 0 Å². The topological polar surface area (TPSA) is 67.2 Å². The van der Waals surface area contributed by atoms with E-state index in [1.807, 2.05) is 15.6 Å². The largest absolute Gasteiger partial charge is 0.342 e. The number of anilines is 1. The van der Waals surface area contributed by atoms with Crippen molar-refractivity contribution in [2.75, 3.05) is 18.4 Å². The molecule has 6 nitrogen and oxygen atoms in total. The Bertz CT molecular complexity index is 906. The number of nitrogens with zero attached hydrogens (tertiary/aromatic N) is 3. The molecule has 1 unspecified atom stereocenters. The summed E-state index contributed by atoms with van der Waals surface area (Å²) in [7, 11) is 0. The summed E-state index contributed by atoms with van der Waals surface area (Å²) < 4.78 is 1.82. The standard InChI is InChI=1S/C24H32N4O2/c1-24(2,3)20-10-6-17(7-11-20)15-28-21(12-13-25-28)26-22(29)19-5-4-14-27(16-19)23(30)18-8-9-18/h6-7,10-13,18-19H,4-5,8-9,14-16H2,1-3H3,(H,26,29). The number of likely N-dealkylation sites (tertiary alicyclic amines) is 1. The number of hydrogen-bond donors (Lipinski definition) is 1. The minimum absolute atomic E-state index is 0.0203. The number of rotatable bonds is 5. The van der Waals surface area contributed by atoms with Gasteiger partial charge in [0.1, 0.15) is 5.82 Å². The van der Waals surface area contributed by atoms with Crippen molar-refractivity contribution in [3.8, 4) is 0 Å². The highest BCUT2D eigenvalue weighted by molar-refractivity contribution is 5.92. The minimum atomic E-state index is -0.157. The fourth-order valence-electron chi connectivity index (χ4n) is 4.06. The van der Waals surface area contributed by atoms with Crippen LogP contribution in [0.1, 0.15) is 57.6 Å². The molecular formula is C24H32N4O2. The van der Waals surface area contributed by atoms with Crippen molar-refractivity contribution in [2.45, 2.75) is 58.4 Å². The van der Waals surface area contributed by atoms with E-state index in [4.69, 9.17) is 0 Å². The SMILES string of the molecule is CC(C)(C)c1ccc(Cn2nccc2NC(=O)C2CCCN(C(=O)C3CC3)C2)cc1.